The molecule has 0 spiro atoms. The quantitative estimate of drug-likeness (QED) is 0.610. The van der Waals surface area contributed by atoms with Gasteiger partial charge in [0.2, 0.25) is 0 Å². The van der Waals surface area contributed by atoms with Crippen molar-refractivity contribution >= 4 is 0 Å². The first kappa shape index (κ1) is 19.9. The summed E-state index contributed by atoms with van der Waals surface area (Å²) in [6.07, 6.45) is 10.2. The van der Waals surface area contributed by atoms with Crippen molar-refractivity contribution in [2.45, 2.75) is 77.7 Å². The van der Waals surface area contributed by atoms with Crippen LogP contribution in [0, 0.1) is 11.3 Å². The summed E-state index contributed by atoms with van der Waals surface area (Å²) >= 11 is 0. The third kappa shape index (κ3) is 5.82. The Morgan fingerprint density at radius 1 is 0.909 bits per heavy atom. The SMILES string of the molecule is CCC(C)C(COC)(COC)COC1(C)CCCCCCC1. The van der Waals surface area contributed by atoms with Crippen molar-refractivity contribution in [3.63, 3.8) is 0 Å². The van der Waals surface area contributed by atoms with E-state index in [4.69, 9.17) is 14.2 Å². The van der Waals surface area contributed by atoms with Gasteiger partial charge in [0.25, 0.3) is 0 Å². The zero-order valence-electron chi connectivity index (χ0n) is 15.6. The fourth-order valence-corrected chi connectivity index (χ4v) is 3.68. The largest absolute Gasteiger partial charge is 0.384 e. The van der Waals surface area contributed by atoms with Gasteiger partial charge in [-0.3, -0.25) is 0 Å². The Kier molecular flexibility index (Phi) is 8.96. The van der Waals surface area contributed by atoms with Crippen molar-refractivity contribution in [3.8, 4) is 0 Å². The van der Waals surface area contributed by atoms with E-state index in [9.17, 15) is 0 Å². The zero-order valence-corrected chi connectivity index (χ0v) is 15.6. The minimum Gasteiger partial charge on any atom is -0.384 e. The molecule has 1 aliphatic carbocycles. The fourth-order valence-electron chi connectivity index (χ4n) is 3.68. The number of hydrogen-bond donors (Lipinski definition) is 0. The molecule has 3 heteroatoms. The number of rotatable bonds is 9. The van der Waals surface area contributed by atoms with Gasteiger partial charge in [-0.1, -0.05) is 52.4 Å². The van der Waals surface area contributed by atoms with Gasteiger partial charge in [-0.15, -0.1) is 0 Å². The van der Waals surface area contributed by atoms with Crippen LogP contribution < -0.4 is 0 Å². The van der Waals surface area contributed by atoms with Crippen molar-refractivity contribution in [1.82, 2.24) is 0 Å². The average Bonchev–Trinajstić information content (AvgIpc) is 2.49. The molecular formula is C19H38O3. The molecule has 1 atom stereocenters. The lowest BCUT2D eigenvalue weighted by atomic mass is 9.76. The van der Waals surface area contributed by atoms with E-state index in [0.717, 1.165) is 13.0 Å². The average molecular weight is 315 g/mol. The lowest BCUT2D eigenvalue weighted by molar-refractivity contribution is -0.135. The van der Waals surface area contributed by atoms with Gasteiger partial charge in [-0.25, -0.2) is 0 Å². The predicted molar refractivity (Wildman–Crippen MR) is 92.3 cm³/mol. The summed E-state index contributed by atoms with van der Waals surface area (Å²) in [7, 11) is 3.56. The molecule has 0 aliphatic heterocycles. The van der Waals surface area contributed by atoms with Gasteiger partial charge >= 0.3 is 0 Å². The maximum absolute atomic E-state index is 6.54. The minimum absolute atomic E-state index is 0.0284. The molecule has 0 aromatic rings. The summed E-state index contributed by atoms with van der Waals surface area (Å²) in [6, 6.07) is 0. The molecule has 22 heavy (non-hydrogen) atoms. The maximum Gasteiger partial charge on any atom is 0.0654 e. The Morgan fingerprint density at radius 3 is 1.86 bits per heavy atom. The standard InChI is InChI=1S/C19H38O3/c1-6-17(2)19(14-20-4,15-21-5)16-22-18(3)12-10-8-7-9-11-13-18/h17H,6-16H2,1-5H3. The highest BCUT2D eigenvalue weighted by atomic mass is 16.5. The highest BCUT2D eigenvalue weighted by Crippen LogP contribution is 2.36. The summed E-state index contributed by atoms with van der Waals surface area (Å²) in [4.78, 5) is 0. The summed E-state index contributed by atoms with van der Waals surface area (Å²) in [6.45, 7) is 8.97. The van der Waals surface area contributed by atoms with Crippen LogP contribution in [0.1, 0.15) is 72.1 Å². The van der Waals surface area contributed by atoms with Crippen LogP contribution in [0.4, 0.5) is 0 Å². The van der Waals surface area contributed by atoms with E-state index < -0.39 is 0 Å². The molecule has 1 rings (SSSR count). The van der Waals surface area contributed by atoms with Crippen molar-refractivity contribution in [2.24, 2.45) is 11.3 Å². The van der Waals surface area contributed by atoms with Crippen LogP contribution in [0.25, 0.3) is 0 Å². The Balaban J connectivity index is 2.74. The van der Waals surface area contributed by atoms with Gasteiger partial charge < -0.3 is 14.2 Å². The Hall–Kier alpha value is -0.120. The highest BCUT2D eigenvalue weighted by molar-refractivity contribution is 4.86. The number of ether oxygens (including phenoxy) is 3. The van der Waals surface area contributed by atoms with Crippen LogP contribution in [0.5, 0.6) is 0 Å². The van der Waals surface area contributed by atoms with Crippen LogP contribution >= 0.6 is 0 Å². The number of methoxy groups -OCH3 is 2. The predicted octanol–water partition coefficient (Wildman–Crippen LogP) is 4.83. The Morgan fingerprint density at radius 2 is 1.41 bits per heavy atom. The van der Waals surface area contributed by atoms with Gasteiger partial charge in [-0.2, -0.15) is 0 Å². The minimum atomic E-state index is -0.0381. The van der Waals surface area contributed by atoms with Crippen molar-refractivity contribution in [1.29, 1.82) is 0 Å². The van der Waals surface area contributed by atoms with E-state index >= 15 is 0 Å². The number of hydrogen-bond acceptors (Lipinski definition) is 3. The molecule has 0 N–H and O–H groups in total. The maximum atomic E-state index is 6.54. The monoisotopic (exact) mass is 314 g/mol. The highest BCUT2D eigenvalue weighted by Gasteiger charge is 2.38. The van der Waals surface area contributed by atoms with Gasteiger partial charge in [0, 0.05) is 19.6 Å². The molecule has 1 unspecified atom stereocenters. The van der Waals surface area contributed by atoms with E-state index in [1.807, 2.05) is 0 Å². The molecule has 132 valence electrons. The summed E-state index contributed by atoms with van der Waals surface area (Å²) in [5.41, 5.74) is -0.00968. The normalized spacial score (nSPS) is 21.1. The summed E-state index contributed by atoms with van der Waals surface area (Å²) < 4.78 is 17.6. The Bertz CT molecular complexity index is 276. The second kappa shape index (κ2) is 9.89. The first-order chi connectivity index (χ1) is 10.5. The van der Waals surface area contributed by atoms with E-state index in [-0.39, 0.29) is 11.0 Å². The molecular weight excluding hydrogens is 276 g/mol. The van der Waals surface area contributed by atoms with Gasteiger partial charge in [-0.05, 0) is 25.7 Å². The fraction of sp³-hybridized carbons (Fsp3) is 1.00. The molecule has 0 bridgehead atoms. The topological polar surface area (TPSA) is 27.7 Å². The van der Waals surface area contributed by atoms with Crippen LogP contribution in [0.15, 0.2) is 0 Å². The van der Waals surface area contributed by atoms with E-state index in [2.05, 4.69) is 20.8 Å². The third-order valence-corrected chi connectivity index (χ3v) is 5.64. The van der Waals surface area contributed by atoms with Gasteiger partial charge in [0.1, 0.15) is 0 Å². The molecule has 1 aliphatic rings. The molecule has 3 nitrogen and oxygen atoms in total. The molecule has 1 fully saturated rings. The van der Waals surface area contributed by atoms with E-state index in [1.165, 1.54) is 44.9 Å². The van der Waals surface area contributed by atoms with Crippen LogP contribution in [0.2, 0.25) is 0 Å². The molecule has 0 heterocycles. The molecule has 0 aromatic carbocycles. The van der Waals surface area contributed by atoms with E-state index in [0.29, 0.717) is 19.1 Å². The van der Waals surface area contributed by atoms with Crippen LogP contribution in [-0.4, -0.2) is 39.6 Å². The second-order valence-electron chi connectivity index (χ2n) is 7.54. The second-order valence-corrected chi connectivity index (χ2v) is 7.54. The first-order valence-electron chi connectivity index (χ1n) is 9.14. The van der Waals surface area contributed by atoms with Crippen LogP contribution in [0.3, 0.4) is 0 Å². The van der Waals surface area contributed by atoms with Gasteiger partial charge in [0.05, 0.1) is 25.4 Å². The van der Waals surface area contributed by atoms with E-state index in [1.54, 1.807) is 14.2 Å². The lowest BCUT2D eigenvalue weighted by Gasteiger charge is -2.41. The van der Waals surface area contributed by atoms with Crippen LogP contribution in [-0.2, 0) is 14.2 Å². The molecule has 0 aromatic heterocycles. The van der Waals surface area contributed by atoms with Crippen molar-refractivity contribution < 1.29 is 14.2 Å². The Labute approximate surface area is 138 Å². The summed E-state index contributed by atoms with van der Waals surface area (Å²) in [5, 5.41) is 0. The lowest BCUT2D eigenvalue weighted by Crippen LogP contribution is -2.45. The molecule has 1 saturated carbocycles. The third-order valence-electron chi connectivity index (χ3n) is 5.64. The first-order valence-corrected chi connectivity index (χ1v) is 9.14. The molecule has 0 saturated heterocycles. The smallest absolute Gasteiger partial charge is 0.0654 e. The van der Waals surface area contributed by atoms with Crippen molar-refractivity contribution in [3.05, 3.63) is 0 Å². The zero-order chi connectivity index (χ0) is 16.5. The summed E-state index contributed by atoms with van der Waals surface area (Å²) in [5.74, 6) is 0.518. The van der Waals surface area contributed by atoms with Gasteiger partial charge in [0.15, 0.2) is 0 Å². The molecule has 0 radical (unpaired) electrons. The van der Waals surface area contributed by atoms with Crippen molar-refractivity contribution in [2.75, 3.05) is 34.0 Å². The molecule has 0 amide bonds.